The highest BCUT2D eigenvalue weighted by Gasteiger charge is 2.50. The molecule has 3 fully saturated rings. The maximum atomic E-state index is 13.2. The van der Waals surface area contributed by atoms with E-state index in [9.17, 15) is 9.59 Å². The van der Waals surface area contributed by atoms with Crippen molar-refractivity contribution in [2.45, 2.75) is 19.4 Å². The first-order chi connectivity index (χ1) is 17.9. The molecule has 3 N–H and O–H groups in total. The molecule has 0 bridgehead atoms. The van der Waals surface area contributed by atoms with Gasteiger partial charge in [-0.2, -0.15) is 0 Å². The second kappa shape index (κ2) is 15.8. The smallest absolute Gasteiger partial charge is 0.290 e. The minimum Gasteiger partial charge on any atom is -0.496 e. The van der Waals surface area contributed by atoms with Gasteiger partial charge in [0, 0.05) is 51.4 Å². The van der Waals surface area contributed by atoms with Gasteiger partial charge in [0.05, 0.1) is 32.3 Å². The molecule has 206 valence electrons. The fourth-order valence-corrected chi connectivity index (χ4v) is 4.97. The number of carboxylic acid groups (broad SMARTS) is 2. The van der Waals surface area contributed by atoms with Crippen LogP contribution in [-0.2, 0) is 30.5 Å². The molecule has 2 amide bonds. The van der Waals surface area contributed by atoms with Gasteiger partial charge in [0.25, 0.3) is 12.9 Å². The fraction of sp³-hybridized carbons (Fsp3) is 0.600. The average molecular weight is 523 g/mol. The Hall–Kier alpha value is -3.22. The first-order valence-corrected chi connectivity index (χ1v) is 12.3. The number of rotatable bonds is 8. The molecule has 3 saturated heterocycles. The van der Waals surface area contributed by atoms with Crippen molar-refractivity contribution in [2.24, 2.45) is 5.41 Å². The summed E-state index contributed by atoms with van der Waals surface area (Å²) in [6.45, 7) is 7.76. The third-order valence-electron chi connectivity index (χ3n) is 6.86. The number of likely N-dealkylation sites (tertiary alicyclic amines) is 2. The van der Waals surface area contributed by atoms with Gasteiger partial charge in [0.2, 0.25) is 11.8 Å². The van der Waals surface area contributed by atoms with Crippen molar-refractivity contribution in [1.82, 2.24) is 20.0 Å². The van der Waals surface area contributed by atoms with Gasteiger partial charge in [-0.25, -0.2) is 0 Å². The summed E-state index contributed by atoms with van der Waals surface area (Å²) >= 11 is 0. The first-order valence-electron chi connectivity index (χ1n) is 12.3. The summed E-state index contributed by atoms with van der Waals surface area (Å²) in [6.07, 6.45) is 1.74. The summed E-state index contributed by atoms with van der Waals surface area (Å²) in [5.41, 5.74) is 0.659. The van der Waals surface area contributed by atoms with E-state index in [0.717, 1.165) is 76.6 Å². The van der Waals surface area contributed by atoms with E-state index in [2.05, 4.69) is 15.1 Å². The predicted molar refractivity (Wildman–Crippen MR) is 134 cm³/mol. The second-order valence-electron chi connectivity index (χ2n) is 9.04. The molecular weight excluding hydrogens is 484 g/mol. The third-order valence-corrected chi connectivity index (χ3v) is 6.86. The maximum Gasteiger partial charge on any atom is 0.290 e. The molecule has 1 aromatic rings. The topological polar surface area (TPSA) is 149 Å². The number of methoxy groups -OCH3 is 1. The van der Waals surface area contributed by atoms with Crippen LogP contribution < -0.4 is 10.1 Å². The highest BCUT2D eigenvalue weighted by atomic mass is 16.5. The van der Waals surface area contributed by atoms with E-state index in [-0.39, 0.29) is 30.2 Å². The van der Waals surface area contributed by atoms with Crippen LogP contribution in [0.2, 0.25) is 0 Å². The lowest BCUT2D eigenvalue weighted by molar-refractivity contribution is -0.136. The summed E-state index contributed by atoms with van der Waals surface area (Å²) in [5.74, 6) is 1.03. The van der Waals surface area contributed by atoms with Gasteiger partial charge in [-0.15, -0.1) is 0 Å². The Labute approximate surface area is 217 Å². The van der Waals surface area contributed by atoms with Gasteiger partial charge in [-0.05, 0) is 25.5 Å². The molecule has 12 nitrogen and oxygen atoms in total. The Kier molecular flexibility index (Phi) is 12.8. The molecule has 37 heavy (non-hydrogen) atoms. The van der Waals surface area contributed by atoms with E-state index < -0.39 is 0 Å². The van der Waals surface area contributed by atoms with Crippen LogP contribution in [0.3, 0.4) is 0 Å². The van der Waals surface area contributed by atoms with Crippen LogP contribution >= 0.6 is 0 Å². The van der Waals surface area contributed by atoms with Gasteiger partial charge in [0.15, 0.2) is 0 Å². The van der Waals surface area contributed by atoms with Gasteiger partial charge in [-0.3, -0.25) is 29.0 Å². The molecule has 0 aliphatic carbocycles. The average Bonchev–Trinajstić information content (AvgIpc) is 3.46. The van der Waals surface area contributed by atoms with Crippen molar-refractivity contribution in [3.8, 4) is 5.75 Å². The number of carbonyl (C=O) groups excluding carboxylic acids is 2. The zero-order chi connectivity index (χ0) is 27.1. The lowest BCUT2D eigenvalue weighted by Gasteiger charge is -2.29. The summed E-state index contributed by atoms with van der Waals surface area (Å²) in [5, 5.41) is 16.8. The summed E-state index contributed by atoms with van der Waals surface area (Å²) in [4.78, 5) is 48.9. The number of ether oxygens (including phenoxy) is 2. The van der Waals surface area contributed by atoms with Crippen LogP contribution in [0.5, 0.6) is 5.75 Å². The number of para-hydroxylation sites is 1. The van der Waals surface area contributed by atoms with E-state index in [1.54, 1.807) is 7.11 Å². The normalized spacial score (nSPS) is 21.4. The monoisotopic (exact) mass is 522 g/mol. The Morgan fingerprint density at radius 1 is 1.05 bits per heavy atom. The Morgan fingerprint density at radius 3 is 2.38 bits per heavy atom. The SMILES string of the molecule is COc1ccccc1CNC(=O)CN1CCC2(CCN(CCN3CCOCC3)C2=O)C1.O=CO.O=CO. The molecule has 1 unspecified atom stereocenters. The van der Waals surface area contributed by atoms with Crippen LogP contribution in [0.25, 0.3) is 0 Å². The highest BCUT2D eigenvalue weighted by molar-refractivity contribution is 5.86. The quantitative estimate of drug-likeness (QED) is 0.397. The number of carbonyl (C=O) groups is 4. The summed E-state index contributed by atoms with van der Waals surface area (Å²) in [6, 6.07) is 7.69. The number of hydrogen-bond donors (Lipinski definition) is 3. The van der Waals surface area contributed by atoms with E-state index in [4.69, 9.17) is 29.3 Å². The molecule has 0 radical (unpaired) electrons. The molecular formula is C25H38N4O8. The molecule has 0 aromatic heterocycles. The van der Waals surface area contributed by atoms with Crippen molar-refractivity contribution in [3.05, 3.63) is 29.8 Å². The number of morpholine rings is 1. The minimum atomic E-state index is -0.298. The number of benzene rings is 1. The Bertz CT molecular complexity index is 874. The molecule has 1 atom stereocenters. The van der Waals surface area contributed by atoms with E-state index in [1.807, 2.05) is 29.2 Å². The Morgan fingerprint density at radius 2 is 1.70 bits per heavy atom. The van der Waals surface area contributed by atoms with E-state index >= 15 is 0 Å². The third kappa shape index (κ3) is 8.99. The lowest BCUT2D eigenvalue weighted by atomic mass is 9.85. The van der Waals surface area contributed by atoms with Crippen molar-refractivity contribution in [3.63, 3.8) is 0 Å². The minimum absolute atomic E-state index is 0.0161. The van der Waals surface area contributed by atoms with Gasteiger partial charge in [0.1, 0.15) is 5.75 Å². The van der Waals surface area contributed by atoms with Crippen LogP contribution in [0.15, 0.2) is 24.3 Å². The first kappa shape index (κ1) is 30.0. The van der Waals surface area contributed by atoms with Crippen LogP contribution in [0.4, 0.5) is 0 Å². The summed E-state index contributed by atoms with van der Waals surface area (Å²) in [7, 11) is 1.63. The molecule has 3 aliphatic heterocycles. The lowest BCUT2D eigenvalue weighted by Crippen LogP contribution is -2.44. The molecule has 12 heteroatoms. The van der Waals surface area contributed by atoms with Crippen molar-refractivity contribution < 1.29 is 38.9 Å². The maximum absolute atomic E-state index is 13.2. The molecule has 1 aromatic carbocycles. The van der Waals surface area contributed by atoms with E-state index in [1.165, 1.54) is 0 Å². The molecule has 0 saturated carbocycles. The van der Waals surface area contributed by atoms with Crippen molar-refractivity contribution >= 4 is 24.8 Å². The molecule has 3 aliphatic rings. The molecule has 4 rings (SSSR count). The zero-order valence-corrected chi connectivity index (χ0v) is 21.3. The standard InChI is InChI=1S/C23H34N4O4.2CH2O2/c1-30-20-5-3-2-4-19(20)16-24-21(28)17-26-8-6-23(18-26)7-9-27(22(23)29)11-10-25-12-14-31-15-13-25;2*2-1-3/h2-5H,6-18H2,1H3,(H,24,28);2*1H,(H,2,3). The van der Waals surface area contributed by atoms with Gasteiger partial charge >= 0.3 is 0 Å². The molecule has 1 spiro atoms. The van der Waals surface area contributed by atoms with E-state index in [0.29, 0.717) is 19.6 Å². The fourth-order valence-electron chi connectivity index (χ4n) is 4.97. The number of nitrogens with one attached hydrogen (secondary N) is 1. The van der Waals surface area contributed by atoms with Crippen molar-refractivity contribution in [2.75, 3.05) is 72.7 Å². The number of amides is 2. The molecule has 3 heterocycles. The van der Waals surface area contributed by atoms with Crippen LogP contribution in [-0.4, -0.2) is 122 Å². The predicted octanol–water partition coefficient (Wildman–Crippen LogP) is -0.0304. The van der Waals surface area contributed by atoms with Crippen LogP contribution in [0.1, 0.15) is 18.4 Å². The number of nitrogens with zero attached hydrogens (tertiary/aromatic N) is 3. The second-order valence-corrected chi connectivity index (χ2v) is 9.04. The number of hydrogen-bond acceptors (Lipinski definition) is 8. The Balaban J connectivity index is 0.000000733. The summed E-state index contributed by atoms with van der Waals surface area (Å²) < 4.78 is 10.7. The van der Waals surface area contributed by atoms with Gasteiger partial charge in [-0.1, -0.05) is 18.2 Å². The highest BCUT2D eigenvalue weighted by Crippen LogP contribution is 2.40. The van der Waals surface area contributed by atoms with Gasteiger partial charge < -0.3 is 29.9 Å². The van der Waals surface area contributed by atoms with Crippen LogP contribution in [0, 0.1) is 5.41 Å². The zero-order valence-electron chi connectivity index (χ0n) is 21.3. The largest absolute Gasteiger partial charge is 0.496 e. The van der Waals surface area contributed by atoms with Crippen molar-refractivity contribution in [1.29, 1.82) is 0 Å².